The zero-order valence-electron chi connectivity index (χ0n) is 10.3. The van der Waals surface area contributed by atoms with Gasteiger partial charge in [-0.3, -0.25) is 0 Å². The average Bonchev–Trinajstić information content (AvgIpc) is 2.36. The van der Waals surface area contributed by atoms with Gasteiger partial charge in [-0.2, -0.15) is 0 Å². The Labute approximate surface area is 101 Å². The molecular formula is C10H18N2O4S. The lowest BCUT2D eigenvalue weighted by molar-refractivity contribution is -0.0221. The molecule has 0 aromatic heterocycles. The highest BCUT2D eigenvalue weighted by molar-refractivity contribution is 7.89. The largest absolute Gasteiger partial charge is 0.444 e. The Bertz CT molecular complexity index is 432. The third kappa shape index (κ3) is 2.71. The smallest absolute Gasteiger partial charge is 0.410 e. The van der Waals surface area contributed by atoms with Gasteiger partial charge < -0.3 is 9.64 Å². The van der Waals surface area contributed by atoms with Crippen molar-refractivity contribution in [3.8, 4) is 0 Å². The fourth-order valence-corrected chi connectivity index (χ4v) is 3.91. The van der Waals surface area contributed by atoms with Crippen molar-refractivity contribution in [2.75, 3.05) is 25.4 Å². The van der Waals surface area contributed by atoms with E-state index in [0.717, 1.165) is 0 Å². The fraction of sp³-hybridized carbons (Fsp3) is 0.900. The minimum atomic E-state index is -3.13. The van der Waals surface area contributed by atoms with E-state index in [0.29, 0.717) is 19.6 Å². The molecule has 1 spiro atoms. The van der Waals surface area contributed by atoms with Gasteiger partial charge in [-0.05, 0) is 20.8 Å². The quantitative estimate of drug-likeness (QED) is 0.674. The zero-order chi connectivity index (χ0) is 12.9. The molecule has 0 aromatic carbocycles. The molecule has 0 saturated carbocycles. The first-order valence-electron chi connectivity index (χ1n) is 5.56. The lowest BCUT2D eigenvalue weighted by atomic mass is 9.82. The maximum Gasteiger partial charge on any atom is 0.410 e. The highest BCUT2D eigenvalue weighted by atomic mass is 32.2. The summed E-state index contributed by atoms with van der Waals surface area (Å²) in [4.78, 5) is 13.2. The number of nitrogens with one attached hydrogen (secondary N) is 1. The van der Waals surface area contributed by atoms with E-state index in [2.05, 4.69) is 4.72 Å². The topological polar surface area (TPSA) is 75.7 Å². The highest BCUT2D eigenvalue weighted by Gasteiger charge is 2.52. The van der Waals surface area contributed by atoms with E-state index in [4.69, 9.17) is 4.74 Å². The summed E-state index contributed by atoms with van der Waals surface area (Å²) >= 11 is 0. The molecule has 0 bridgehead atoms. The number of nitrogens with zero attached hydrogens (tertiary/aromatic N) is 1. The number of sulfonamides is 1. The van der Waals surface area contributed by atoms with Crippen LogP contribution in [-0.2, 0) is 14.8 Å². The molecule has 0 aliphatic carbocycles. The van der Waals surface area contributed by atoms with Crippen LogP contribution in [0.25, 0.3) is 0 Å². The summed E-state index contributed by atoms with van der Waals surface area (Å²) in [5.74, 6) is 0.110. The summed E-state index contributed by atoms with van der Waals surface area (Å²) in [6.45, 7) is 6.75. The van der Waals surface area contributed by atoms with Gasteiger partial charge in [-0.15, -0.1) is 0 Å². The second-order valence-corrected chi connectivity index (χ2v) is 7.72. The fourth-order valence-electron chi connectivity index (χ4n) is 2.19. The van der Waals surface area contributed by atoms with E-state index in [1.807, 2.05) is 20.8 Å². The van der Waals surface area contributed by atoms with Crippen LogP contribution in [0.5, 0.6) is 0 Å². The second-order valence-electron chi connectivity index (χ2n) is 5.92. The lowest BCUT2D eigenvalue weighted by Crippen LogP contribution is -2.61. The van der Waals surface area contributed by atoms with Gasteiger partial charge >= 0.3 is 6.09 Å². The monoisotopic (exact) mass is 262 g/mol. The molecule has 0 atom stereocenters. The molecule has 2 aliphatic rings. The van der Waals surface area contributed by atoms with Crippen LogP contribution >= 0.6 is 0 Å². The van der Waals surface area contributed by atoms with Gasteiger partial charge in [-0.1, -0.05) is 0 Å². The standard InChI is InChI=1S/C10H18N2O4S/c1-9(2,3)16-8(13)12-5-10(6-12)4-11-17(14,15)7-10/h11H,4-7H2,1-3H3. The number of ether oxygens (including phenoxy) is 1. The molecule has 6 nitrogen and oxygen atoms in total. The number of hydrogen-bond acceptors (Lipinski definition) is 4. The number of carbonyl (C=O) groups excluding carboxylic acids is 1. The first-order valence-corrected chi connectivity index (χ1v) is 7.21. The van der Waals surface area contributed by atoms with Crippen LogP contribution in [-0.4, -0.2) is 50.4 Å². The molecule has 2 saturated heterocycles. The van der Waals surface area contributed by atoms with Crippen molar-refractivity contribution < 1.29 is 17.9 Å². The third-order valence-corrected chi connectivity index (χ3v) is 4.44. The summed E-state index contributed by atoms with van der Waals surface area (Å²) in [5.41, 5.74) is -0.810. The molecule has 0 unspecified atom stereocenters. The van der Waals surface area contributed by atoms with Gasteiger partial charge in [0.1, 0.15) is 5.60 Å². The van der Waals surface area contributed by atoms with Crippen molar-refractivity contribution in [2.45, 2.75) is 26.4 Å². The minimum absolute atomic E-state index is 0.110. The number of amides is 1. The van der Waals surface area contributed by atoms with Crippen molar-refractivity contribution in [3.63, 3.8) is 0 Å². The normalized spacial score (nSPS) is 25.7. The van der Waals surface area contributed by atoms with Crippen LogP contribution in [0.2, 0.25) is 0 Å². The third-order valence-electron chi connectivity index (χ3n) is 2.87. The predicted octanol–water partition coefficient (Wildman–Crippen LogP) is 0.157. The van der Waals surface area contributed by atoms with Crippen molar-refractivity contribution in [3.05, 3.63) is 0 Å². The Hall–Kier alpha value is -0.820. The van der Waals surface area contributed by atoms with E-state index in [1.54, 1.807) is 4.90 Å². The van der Waals surface area contributed by atoms with Crippen LogP contribution in [0.15, 0.2) is 0 Å². The summed E-state index contributed by atoms with van der Waals surface area (Å²) in [6.07, 6.45) is -0.368. The zero-order valence-corrected chi connectivity index (χ0v) is 11.1. The van der Waals surface area contributed by atoms with Crippen LogP contribution in [0, 0.1) is 5.41 Å². The maximum absolute atomic E-state index is 11.7. The van der Waals surface area contributed by atoms with E-state index in [9.17, 15) is 13.2 Å². The SMILES string of the molecule is CC(C)(C)OC(=O)N1CC2(CNS(=O)(=O)C2)C1. The molecule has 0 aromatic rings. The Morgan fingerprint density at radius 2 is 1.94 bits per heavy atom. The number of hydrogen-bond donors (Lipinski definition) is 1. The maximum atomic E-state index is 11.7. The van der Waals surface area contributed by atoms with Gasteiger partial charge in [0.05, 0.1) is 5.75 Å². The molecule has 98 valence electrons. The molecule has 2 aliphatic heterocycles. The molecule has 2 rings (SSSR count). The molecule has 17 heavy (non-hydrogen) atoms. The molecule has 7 heteroatoms. The summed E-state index contributed by atoms with van der Waals surface area (Å²) < 4.78 is 30.3. The van der Waals surface area contributed by atoms with E-state index >= 15 is 0 Å². The average molecular weight is 262 g/mol. The Balaban J connectivity index is 1.89. The van der Waals surface area contributed by atoms with Crippen molar-refractivity contribution in [1.29, 1.82) is 0 Å². The number of rotatable bonds is 0. The molecular weight excluding hydrogens is 244 g/mol. The number of likely N-dealkylation sites (tertiary alicyclic amines) is 1. The van der Waals surface area contributed by atoms with E-state index in [1.165, 1.54) is 0 Å². The van der Waals surface area contributed by atoms with Crippen molar-refractivity contribution in [2.24, 2.45) is 5.41 Å². The Kier molecular flexibility index (Phi) is 2.66. The Morgan fingerprint density at radius 3 is 2.35 bits per heavy atom. The lowest BCUT2D eigenvalue weighted by Gasteiger charge is -2.46. The van der Waals surface area contributed by atoms with Crippen molar-refractivity contribution in [1.82, 2.24) is 9.62 Å². The summed E-state index contributed by atoms with van der Waals surface area (Å²) in [7, 11) is -3.13. The second kappa shape index (κ2) is 3.58. The van der Waals surface area contributed by atoms with E-state index < -0.39 is 15.6 Å². The van der Waals surface area contributed by atoms with Gasteiger partial charge in [0.25, 0.3) is 0 Å². The van der Waals surface area contributed by atoms with Gasteiger partial charge in [0.2, 0.25) is 10.0 Å². The molecule has 2 heterocycles. The summed E-state index contributed by atoms with van der Waals surface area (Å²) in [5, 5.41) is 0. The van der Waals surface area contributed by atoms with Crippen LogP contribution in [0.4, 0.5) is 4.79 Å². The van der Waals surface area contributed by atoms with Gasteiger partial charge in [0, 0.05) is 25.0 Å². The van der Waals surface area contributed by atoms with Crippen molar-refractivity contribution >= 4 is 16.1 Å². The highest BCUT2D eigenvalue weighted by Crippen LogP contribution is 2.35. The molecule has 2 fully saturated rings. The van der Waals surface area contributed by atoms with Crippen LogP contribution in [0.3, 0.4) is 0 Å². The molecule has 1 N–H and O–H groups in total. The predicted molar refractivity (Wildman–Crippen MR) is 62.0 cm³/mol. The number of carbonyl (C=O) groups is 1. The van der Waals surface area contributed by atoms with Gasteiger partial charge in [0.15, 0.2) is 0 Å². The molecule has 1 amide bonds. The Morgan fingerprint density at radius 1 is 1.35 bits per heavy atom. The first kappa shape index (κ1) is 12.6. The van der Waals surface area contributed by atoms with Crippen LogP contribution in [0.1, 0.15) is 20.8 Å². The van der Waals surface area contributed by atoms with Gasteiger partial charge in [-0.25, -0.2) is 17.9 Å². The van der Waals surface area contributed by atoms with E-state index in [-0.39, 0.29) is 17.3 Å². The minimum Gasteiger partial charge on any atom is -0.444 e. The summed E-state index contributed by atoms with van der Waals surface area (Å²) in [6, 6.07) is 0. The first-order chi connectivity index (χ1) is 7.61. The van der Waals surface area contributed by atoms with Crippen LogP contribution < -0.4 is 4.72 Å². The molecule has 0 radical (unpaired) electrons.